The van der Waals surface area contributed by atoms with Crippen molar-refractivity contribution in [3.05, 3.63) is 29.6 Å². The number of esters is 1. The standard InChI is InChI=1S/C16H22N2O2/c1-4-7-12(16(19)20-6-3)15-17-13-9-8-11(5-2)10-14(13)18-15/h8-10,12H,4-7H2,1-3H3,(H,17,18). The third kappa shape index (κ3) is 3.00. The second-order valence-electron chi connectivity index (χ2n) is 4.92. The van der Waals surface area contributed by atoms with E-state index in [1.54, 1.807) is 0 Å². The van der Waals surface area contributed by atoms with E-state index < -0.39 is 0 Å². The second kappa shape index (κ2) is 6.55. The van der Waals surface area contributed by atoms with Gasteiger partial charge in [0, 0.05) is 0 Å². The number of hydrogen-bond acceptors (Lipinski definition) is 3. The summed E-state index contributed by atoms with van der Waals surface area (Å²) in [5.74, 6) is 0.232. The molecular weight excluding hydrogens is 252 g/mol. The highest BCUT2D eigenvalue weighted by atomic mass is 16.5. The van der Waals surface area contributed by atoms with Gasteiger partial charge in [-0.15, -0.1) is 0 Å². The lowest BCUT2D eigenvalue weighted by atomic mass is 10.0. The number of aromatic nitrogens is 2. The number of hydrogen-bond donors (Lipinski definition) is 1. The van der Waals surface area contributed by atoms with Crippen LogP contribution >= 0.6 is 0 Å². The number of aromatic amines is 1. The van der Waals surface area contributed by atoms with Gasteiger partial charge in [-0.2, -0.15) is 0 Å². The van der Waals surface area contributed by atoms with Crippen LogP contribution in [0.1, 0.15) is 50.9 Å². The van der Waals surface area contributed by atoms with Crippen molar-refractivity contribution in [1.29, 1.82) is 0 Å². The fourth-order valence-electron chi connectivity index (χ4n) is 2.36. The molecule has 0 spiro atoms. The van der Waals surface area contributed by atoms with Gasteiger partial charge in [-0.1, -0.05) is 26.3 Å². The van der Waals surface area contributed by atoms with Crippen LogP contribution in [0.4, 0.5) is 0 Å². The van der Waals surface area contributed by atoms with Crippen molar-refractivity contribution in [2.75, 3.05) is 6.61 Å². The molecule has 1 unspecified atom stereocenters. The van der Waals surface area contributed by atoms with Gasteiger partial charge in [0.25, 0.3) is 0 Å². The van der Waals surface area contributed by atoms with Gasteiger partial charge in [0.05, 0.1) is 17.6 Å². The Morgan fingerprint density at radius 3 is 2.80 bits per heavy atom. The van der Waals surface area contributed by atoms with Crippen molar-refractivity contribution >= 4 is 17.0 Å². The maximum atomic E-state index is 12.1. The number of nitrogens with zero attached hydrogens (tertiary/aromatic N) is 1. The van der Waals surface area contributed by atoms with Crippen molar-refractivity contribution < 1.29 is 9.53 Å². The van der Waals surface area contributed by atoms with Gasteiger partial charge in [-0.05, 0) is 37.5 Å². The van der Waals surface area contributed by atoms with E-state index in [-0.39, 0.29) is 11.9 Å². The van der Waals surface area contributed by atoms with Crippen molar-refractivity contribution in [2.24, 2.45) is 0 Å². The van der Waals surface area contributed by atoms with Crippen LogP contribution in [0.3, 0.4) is 0 Å². The Kier molecular flexibility index (Phi) is 4.77. The molecule has 2 aromatic rings. The van der Waals surface area contributed by atoms with Crippen LogP contribution in [0, 0.1) is 0 Å². The molecule has 4 heteroatoms. The fourth-order valence-corrected chi connectivity index (χ4v) is 2.36. The van der Waals surface area contributed by atoms with Crippen molar-refractivity contribution in [3.8, 4) is 0 Å². The Labute approximate surface area is 119 Å². The summed E-state index contributed by atoms with van der Waals surface area (Å²) in [6, 6.07) is 6.18. The predicted octanol–water partition coefficient (Wildman–Crippen LogP) is 3.57. The molecule has 2 rings (SSSR count). The maximum absolute atomic E-state index is 12.1. The van der Waals surface area contributed by atoms with Gasteiger partial charge in [0.2, 0.25) is 0 Å². The first kappa shape index (κ1) is 14.6. The zero-order valence-electron chi connectivity index (χ0n) is 12.4. The van der Waals surface area contributed by atoms with Gasteiger partial charge in [0.15, 0.2) is 0 Å². The Bertz CT molecular complexity index is 589. The lowest BCUT2D eigenvalue weighted by molar-refractivity contribution is -0.145. The Morgan fingerprint density at radius 2 is 2.15 bits per heavy atom. The Balaban J connectivity index is 2.35. The number of aryl methyl sites for hydroxylation is 1. The molecule has 4 nitrogen and oxygen atoms in total. The molecule has 0 saturated heterocycles. The Morgan fingerprint density at radius 1 is 1.35 bits per heavy atom. The normalized spacial score (nSPS) is 12.6. The molecule has 0 aliphatic rings. The van der Waals surface area contributed by atoms with Crippen molar-refractivity contribution in [3.63, 3.8) is 0 Å². The molecule has 0 saturated carbocycles. The summed E-state index contributed by atoms with van der Waals surface area (Å²) in [7, 11) is 0. The van der Waals surface area contributed by atoms with E-state index in [1.807, 2.05) is 13.0 Å². The number of benzene rings is 1. The van der Waals surface area contributed by atoms with Gasteiger partial charge in [-0.3, -0.25) is 4.79 Å². The van der Waals surface area contributed by atoms with Gasteiger partial charge < -0.3 is 9.72 Å². The van der Waals surface area contributed by atoms with E-state index in [9.17, 15) is 4.79 Å². The summed E-state index contributed by atoms with van der Waals surface area (Å²) in [5.41, 5.74) is 3.16. The van der Waals surface area contributed by atoms with E-state index in [4.69, 9.17) is 4.74 Å². The molecule has 20 heavy (non-hydrogen) atoms. The van der Waals surface area contributed by atoms with E-state index >= 15 is 0 Å². The predicted molar refractivity (Wildman–Crippen MR) is 79.8 cm³/mol. The summed E-state index contributed by atoms with van der Waals surface area (Å²) < 4.78 is 5.15. The monoisotopic (exact) mass is 274 g/mol. The summed E-state index contributed by atoms with van der Waals surface area (Å²) in [5, 5.41) is 0. The molecule has 1 aromatic heterocycles. The van der Waals surface area contributed by atoms with E-state index in [0.717, 1.165) is 30.3 Å². The molecule has 0 amide bonds. The first-order valence-corrected chi connectivity index (χ1v) is 7.34. The second-order valence-corrected chi connectivity index (χ2v) is 4.92. The van der Waals surface area contributed by atoms with Gasteiger partial charge >= 0.3 is 5.97 Å². The van der Waals surface area contributed by atoms with Crippen LogP contribution in [0.5, 0.6) is 0 Å². The molecule has 0 radical (unpaired) electrons. The number of carbonyl (C=O) groups excluding carboxylic acids is 1. The van der Waals surface area contributed by atoms with Crippen LogP contribution in [0.25, 0.3) is 11.0 Å². The summed E-state index contributed by atoms with van der Waals surface area (Å²) in [4.78, 5) is 19.9. The van der Waals surface area contributed by atoms with Crippen LogP contribution in [0.15, 0.2) is 18.2 Å². The minimum absolute atomic E-state index is 0.191. The number of H-pyrrole nitrogens is 1. The number of carbonyl (C=O) groups is 1. The molecular formula is C16H22N2O2. The molecule has 1 heterocycles. The average Bonchev–Trinajstić information content (AvgIpc) is 2.87. The summed E-state index contributed by atoms with van der Waals surface area (Å²) in [6.07, 6.45) is 2.65. The molecule has 1 N–H and O–H groups in total. The molecule has 0 bridgehead atoms. The van der Waals surface area contributed by atoms with Crippen LogP contribution in [-0.2, 0) is 16.0 Å². The number of rotatable bonds is 6. The summed E-state index contributed by atoms with van der Waals surface area (Å²) in [6.45, 7) is 6.41. The van der Waals surface area contributed by atoms with Crippen LogP contribution < -0.4 is 0 Å². The maximum Gasteiger partial charge on any atom is 0.316 e. The SMILES string of the molecule is CCCC(C(=O)OCC)c1nc2ccc(CC)cc2[nH]1. The van der Waals surface area contributed by atoms with E-state index in [1.165, 1.54) is 5.56 Å². The number of nitrogens with one attached hydrogen (secondary N) is 1. The lowest BCUT2D eigenvalue weighted by Gasteiger charge is -2.11. The molecule has 108 valence electrons. The molecule has 0 fully saturated rings. The highest BCUT2D eigenvalue weighted by Crippen LogP contribution is 2.24. The van der Waals surface area contributed by atoms with E-state index in [0.29, 0.717) is 12.4 Å². The highest BCUT2D eigenvalue weighted by Gasteiger charge is 2.24. The highest BCUT2D eigenvalue weighted by molar-refractivity contribution is 5.81. The largest absolute Gasteiger partial charge is 0.465 e. The van der Waals surface area contributed by atoms with E-state index in [2.05, 4.69) is 35.9 Å². The molecule has 1 aromatic carbocycles. The fraction of sp³-hybridized carbons (Fsp3) is 0.500. The van der Waals surface area contributed by atoms with Crippen LogP contribution in [-0.4, -0.2) is 22.5 Å². The lowest BCUT2D eigenvalue weighted by Crippen LogP contribution is -2.17. The summed E-state index contributed by atoms with van der Waals surface area (Å²) >= 11 is 0. The Hall–Kier alpha value is -1.84. The quantitative estimate of drug-likeness (QED) is 0.819. The first-order valence-electron chi connectivity index (χ1n) is 7.34. The number of ether oxygens (including phenoxy) is 1. The first-order chi connectivity index (χ1) is 9.69. The zero-order chi connectivity index (χ0) is 14.5. The molecule has 1 atom stereocenters. The van der Waals surface area contributed by atoms with Gasteiger partial charge in [0.1, 0.15) is 11.7 Å². The average molecular weight is 274 g/mol. The third-order valence-corrected chi connectivity index (χ3v) is 3.45. The molecule has 0 aliphatic carbocycles. The minimum Gasteiger partial charge on any atom is -0.465 e. The number of imidazole rings is 1. The van der Waals surface area contributed by atoms with Gasteiger partial charge in [-0.25, -0.2) is 4.98 Å². The van der Waals surface area contributed by atoms with Crippen LogP contribution in [0.2, 0.25) is 0 Å². The number of fused-ring (bicyclic) bond motifs is 1. The smallest absolute Gasteiger partial charge is 0.316 e. The third-order valence-electron chi connectivity index (χ3n) is 3.45. The van der Waals surface area contributed by atoms with Crippen molar-refractivity contribution in [2.45, 2.75) is 46.0 Å². The molecule has 0 aliphatic heterocycles. The topological polar surface area (TPSA) is 55.0 Å². The van der Waals surface area contributed by atoms with Crippen molar-refractivity contribution in [1.82, 2.24) is 9.97 Å². The minimum atomic E-state index is -0.294. The zero-order valence-corrected chi connectivity index (χ0v) is 12.4.